The fourth-order valence-corrected chi connectivity index (χ4v) is 6.95. The van der Waals surface area contributed by atoms with E-state index in [2.05, 4.69) is 10.3 Å². The van der Waals surface area contributed by atoms with Gasteiger partial charge in [0, 0.05) is 42.1 Å². The molecular weight excluding hydrogens is 456 g/mol. The molecule has 0 bridgehead atoms. The molecule has 8 nitrogen and oxygen atoms in total. The number of carbonyl (C=O) groups is 1. The molecule has 160 valence electrons. The highest BCUT2D eigenvalue weighted by molar-refractivity contribution is 7.99. The second kappa shape index (κ2) is 7.90. The number of thioether (sulfide) groups is 1. The third kappa shape index (κ3) is 3.71. The van der Waals surface area contributed by atoms with Crippen LogP contribution >= 0.6 is 23.1 Å². The van der Waals surface area contributed by atoms with Crippen molar-refractivity contribution < 1.29 is 13.2 Å². The molecule has 0 aliphatic carbocycles. The number of benzene rings is 1. The Balaban J connectivity index is 1.38. The fraction of sp³-hybridized carbons (Fsp3) is 0.250. The molecule has 0 unspecified atom stereocenters. The monoisotopic (exact) mass is 474 g/mol. The summed E-state index contributed by atoms with van der Waals surface area (Å²) in [6, 6.07) is 8.06. The molecule has 1 N–H and O–H groups in total. The molecule has 1 aromatic carbocycles. The topological polar surface area (TPSA) is 101 Å². The van der Waals surface area contributed by atoms with Crippen LogP contribution in [0.4, 0.5) is 5.69 Å². The van der Waals surface area contributed by atoms with Crippen LogP contribution in [0, 0.1) is 0 Å². The number of carbonyl (C=O) groups excluding carboxylic acids is 1. The molecule has 0 saturated carbocycles. The molecule has 0 atom stereocenters. The first kappa shape index (κ1) is 20.4. The standard InChI is InChI=1S/C20H18N4O4S3/c25-18(16-11-21-20-24(19(16)26)7-9-30-20)22-14-2-1-3-15(10-14)31(27,28)23-6-4-17-13(12-23)5-8-29-17/h1-3,5,8,10-11H,4,6-7,9,12H2,(H,22,25). The summed E-state index contributed by atoms with van der Waals surface area (Å²) in [6.07, 6.45) is 1.96. The molecule has 3 aromatic rings. The zero-order valence-corrected chi connectivity index (χ0v) is 18.7. The van der Waals surface area contributed by atoms with E-state index in [1.54, 1.807) is 23.5 Å². The Morgan fingerprint density at radius 3 is 2.94 bits per heavy atom. The van der Waals surface area contributed by atoms with Crippen molar-refractivity contribution in [3.63, 3.8) is 0 Å². The summed E-state index contributed by atoms with van der Waals surface area (Å²) in [4.78, 5) is 30.7. The second-order valence-corrected chi connectivity index (χ2v) is 11.2. The van der Waals surface area contributed by atoms with Gasteiger partial charge < -0.3 is 5.32 Å². The number of anilines is 1. The minimum absolute atomic E-state index is 0.0690. The predicted molar refractivity (Wildman–Crippen MR) is 119 cm³/mol. The Morgan fingerprint density at radius 2 is 2.06 bits per heavy atom. The van der Waals surface area contributed by atoms with Crippen molar-refractivity contribution in [2.75, 3.05) is 17.6 Å². The van der Waals surface area contributed by atoms with E-state index in [9.17, 15) is 18.0 Å². The van der Waals surface area contributed by atoms with Crippen molar-refractivity contribution in [1.82, 2.24) is 13.9 Å². The van der Waals surface area contributed by atoms with Gasteiger partial charge in [0.25, 0.3) is 11.5 Å². The van der Waals surface area contributed by atoms with Crippen LogP contribution in [0.2, 0.25) is 0 Å². The van der Waals surface area contributed by atoms with Crippen LogP contribution in [0.3, 0.4) is 0 Å². The van der Waals surface area contributed by atoms with Crippen LogP contribution in [0.5, 0.6) is 0 Å². The molecular formula is C20H18N4O4S3. The minimum Gasteiger partial charge on any atom is -0.322 e. The number of rotatable bonds is 4. The SMILES string of the molecule is O=C(Nc1cccc(S(=O)(=O)N2CCc3sccc3C2)c1)c1cnc2n(c1=O)CCS2. The van der Waals surface area contributed by atoms with Gasteiger partial charge in [-0.05, 0) is 41.6 Å². The van der Waals surface area contributed by atoms with E-state index in [4.69, 9.17) is 0 Å². The Hall–Kier alpha value is -2.47. The minimum atomic E-state index is -3.72. The van der Waals surface area contributed by atoms with Gasteiger partial charge in [0.15, 0.2) is 5.16 Å². The van der Waals surface area contributed by atoms with E-state index in [1.807, 2.05) is 11.4 Å². The Morgan fingerprint density at radius 1 is 1.19 bits per heavy atom. The average Bonchev–Trinajstić information content (AvgIpc) is 3.43. The van der Waals surface area contributed by atoms with Crippen molar-refractivity contribution in [2.24, 2.45) is 0 Å². The number of aromatic nitrogens is 2. The summed E-state index contributed by atoms with van der Waals surface area (Å²) in [5.41, 5.74) is 0.877. The van der Waals surface area contributed by atoms with Gasteiger partial charge in [-0.15, -0.1) is 11.3 Å². The van der Waals surface area contributed by atoms with Crippen molar-refractivity contribution in [2.45, 2.75) is 29.6 Å². The molecule has 0 spiro atoms. The van der Waals surface area contributed by atoms with Gasteiger partial charge in [-0.25, -0.2) is 13.4 Å². The smallest absolute Gasteiger partial charge is 0.267 e. The molecule has 11 heteroatoms. The largest absolute Gasteiger partial charge is 0.322 e. The molecule has 0 fully saturated rings. The van der Waals surface area contributed by atoms with Crippen molar-refractivity contribution in [3.8, 4) is 0 Å². The van der Waals surface area contributed by atoms with Crippen LogP contribution in [0.15, 0.2) is 56.8 Å². The molecule has 0 radical (unpaired) electrons. The van der Waals surface area contributed by atoms with Crippen molar-refractivity contribution in [3.05, 3.63) is 68.3 Å². The van der Waals surface area contributed by atoms with Gasteiger partial charge in [0.2, 0.25) is 10.0 Å². The average molecular weight is 475 g/mol. The van der Waals surface area contributed by atoms with Gasteiger partial charge in [-0.1, -0.05) is 17.8 Å². The molecule has 2 aromatic heterocycles. The number of thiophene rings is 1. The number of amides is 1. The van der Waals surface area contributed by atoms with Crippen molar-refractivity contribution >= 4 is 44.7 Å². The maximum absolute atomic E-state index is 13.2. The third-order valence-corrected chi connectivity index (χ3v) is 9.14. The molecule has 31 heavy (non-hydrogen) atoms. The Kier molecular flexibility index (Phi) is 5.21. The lowest BCUT2D eigenvalue weighted by atomic mass is 10.1. The van der Waals surface area contributed by atoms with Crippen LogP contribution < -0.4 is 10.9 Å². The maximum atomic E-state index is 13.2. The number of hydrogen-bond donors (Lipinski definition) is 1. The zero-order valence-electron chi connectivity index (χ0n) is 16.3. The van der Waals surface area contributed by atoms with E-state index in [0.29, 0.717) is 36.9 Å². The van der Waals surface area contributed by atoms with Crippen LogP contribution in [-0.4, -0.2) is 40.5 Å². The molecule has 1 amide bonds. The highest BCUT2D eigenvalue weighted by Crippen LogP contribution is 2.29. The summed E-state index contributed by atoms with van der Waals surface area (Å²) in [7, 11) is -3.72. The summed E-state index contributed by atoms with van der Waals surface area (Å²) in [5.74, 6) is 0.136. The summed E-state index contributed by atoms with van der Waals surface area (Å²) >= 11 is 3.12. The van der Waals surface area contributed by atoms with Gasteiger partial charge in [0.05, 0.1) is 4.90 Å². The number of nitrogens with zero attached hydrogens (tertiary/aromatic N) is 3. The van der Waals surface area contributed by atoms with Gasteiger partial charge in [-0.3, -0.25) is 14.2 Å². The third-order valence-electron chi connectivity index (χ3n) is 5.30. The molecule has 0 saturated heterocycles. The zero-order chi connectivity index (χ0) is 21.6. The van der Waals surface area contributed by atoms with Gasteiger partial charge in [0.1, 0.15) is 5.56 Å². The Labute approximate surface area is 187 Å². The number of hydrogen-bond acceptors (Lipinski definition) is 7. The van der Waals surface area contributed by atoms with E-state index < -0.39 is 21.5 Å². The number of sulfonamides is 1. The van der Waals surface area contributed by atoms with Crippen molar-refractivity contribution in [1.29, 1.82) is 0 Å². The van der Waals surface area contributed by atoms with Gasteiger partial charge >= 0.3 is 0 Å². The lowest BCUT2D eigenvalue weighted by Crippen LogP contribution is -2.35. The molecule has 5 rings (SSSR count). The highest BCUT2D eigenvalue weighted by Gasteiger charge is 2.29. The van der Waals surface area contributed by atoms with Gasteiger partial charge in [-0.2, -0.15) is 4.31 Å². The Bertz CT molecular complexity index is 1350. The lowest BCUT2D eigenvalue weighted by Gasteiger charge is -2.26. The van der Waals surface area contributed by atoms with E-state index in [0.717, 1.165) is 11.3 Å². The number of nitrogens with one attached hydrogen (secondary N) is 1. The van der Waals surface area contributed by atoms with E-state index in [-0.39, 0.29) is 10.5 Å². The first-order valence-electron chi connectivity index (χ1n) is 9.63. The van der Waals surface area contributed by atoms with Crippen LogP contribution in [-0.2, 0) is 29.5 Å². The first-order valence-corrected chi connectivity index (χ1v) is 12.9. The van der Waals surface area contributed by atoms with E-state index >= 15 is 0 Å². The second-order valence-electron chi connectivity index (χ2n) is 7.20. The fourth-order valence-electron chi connectivity index (χ4n) is 3.68. The molecule has 4 heterocycles. The summed E-state index contributed by atoms with van der Waals surface area (Å²) in [6.45, 7) is 1.28. The summed E-state index contributed by atoms with van der Waals surface area (Å²) < 4.78 is 29.3. The normalized spacial score (nSPS) is 16.0. The molecule has 2 aliphatic rings. The van der Waals surface area contributed by atoms with Crippen LogP contribution in [0.25, 0.3) is 0 Å². The number of fused-ring (bicyclic) bond motifs is 2. The quantitative estimate of drug-likeness (QED) is 0.583. The van der Waals surface area contributed by atoms with E-state index in [1.165, 1.54) is 43.8 Å². The predicted octanol–water partition coefficient (Wildman–Crippen LogP) is 2.41. The maximum Gasteiger partial charge on any atom is 0.267 e. The highest BCUT2D eigenvalue weighted by atomic mass is 32.2. The first-order chi connectivity index (χ1) is 14.9. The lowest BCUT2D eigenvalue weighted by molar-refractivity contribution is 0.102. The summed E-state index contributed by atoms with van der Waals surface area (Å²) in [5, 5.41) is 5.22. The molecule has 2 aliphatic heterocycles. The van der Waals surface area contributed by atoms with Crippen LogP contribution in [0.1, 0.15) is 20.8 Å².